The smallest absolute Gasteiger partial charge is 0.254 e. The molecule has 7 nitrogen and oxygen atoms in total. The topological polar surface area (TPSA) is 67.6 Å². The Morgan fingerprint density at radius 2 is 2.09 bits per heavy atom. The fourth-order valence-corrected chi connectivity index (χ4v) is 2.98. The molecule has 22 heavy (non-hydrogen) atoms. The summed E-state index contributed by atoms with van der Waals surface area (Å²) < 4.78 is 7.52. The first-order valence-corrected chi connectivity index (χ1v) is 7.97. The summed E-state index contributed by atoms with van der Waals surface area (Å²) in [5.74, 6) is 1.60. The monoisotopic (exact) mass is 304 g/mol. The lowest BCUT2D eigenvalue weighted by atomic mass is 10.2. The quantitative estimate of drug-likeness (QED) is 0.895. The second-order valence-electron chi connectivity index (χ2n) is 5.90. The summed E-state index contributed by atoms with van der Waals surface area (Å²) in [7, 11) is 0. The van der Waals surface area contributed by atoms with E-state index in [1.807, 2.05) is 6.07 Å². The number of nitrogens with one attached hydrogen (secondary N) is 1. The molecule has 0 bridgehead atoms. The number of morpholine rings is 1. The average Bonchev–Trinajstić information content (AvgIpc) is 2.94. The minimum atomic E-state index is 0.304. The Bertz CT molecular complexity index is 618. The van der Waals surface area contributed by atoms with Gasteiger partial charge >= 0.3 is 0 Å². The van der Waals surface area contributed by atoms with Gasteiger partial charge in [-0.2, -0.15) is 14.6 Å². The Morgan fingerprint density at radius 3 is 2.82 bits per heavy atom. The van der Waals surface area contributed by atoms with E-state index < -0.39 is 0 Å². The van der Waals surface area contributed by atoms with Crippen LogP contribution < -0.4 is 5.32 Å². The van der Waals surface area contributed by atoms with Crippen molar-refractivity contribution in [2.24, 2.45) is 0 Å². The van der Waals surface area contributed by atoms with Crippen LogP contribution in [-0.2, 0) is 11.2 Å². The summed E-state index contributed by atoms with van der Waals surface area (Å²) in [6.45, 7) is 10.2. The second kappa shape index (κ2) is 6.58. The van der Waals surface area contributed by atoms with Crippen LogP contribution in [-0.4, -0.2) is 62.9 Å². The molecule has 0 unspecified atom stereocenters. The van der Waals surface area contributed by atoms with Crippen molar-refractivity contribution in [3.63, 3.8) is 0 Å². The largest absolute Gasteiger partial charge is 0.373 e. The fraction of sp³-hybridized carbons (Fsp3) is 0.667. The van der Waals surface area contributed by atoms with Gasteiger partial charge in [0.2, 0.25) is 0 Å². The summed E-state index contributed by atoms with van der Waals surface area (Å²) in [5.41, 5.74) is 1.02. The normalized spacial score (nSPS) is 23.0. The van der Waals surface area contributed by atoms with Gasteiger partial charge in [-0.1, -0.05) is 6.92 Å². The molecule has 2 atom stereocenters. The molecule has 1 aliphatic rings. The van der Waals surface area contributed by atoms with Gasteiger partial charge in [0.1, 0.15) is 12.1 Å². The van der Waals surface area contributed by atoms with E-state index >= 15 is 0 Å². The molecule has 0 spiro atoms. The predicted molar refractivity (Wildman–Crippen MR) is 85.1 cm³/mol. The third-order valence-electron chi connectivity index (χ3n) is 3.90. The third kappa shape index (κ3) is 3.36. The van der Waals surface area contributed by atoms with Crippen molar-refractivity contribution in [1.29, 1.82) is 0 Å². The van der Waals surface area contributed by atoms with Gasteiger partial charge in [0, 0.05) is 37.9 Å². The molecular formula is C15H24N6O. The first-order valence-electron chi connectivity index (χ1n) is 7.97. The zero-order valence-corrected chi connectivity index (χ0v) is 13.5. The summed E-state index contributed by atoms with van der Waals surface area (Å²) >= 11 is 0. The number of aromatic nitrogens is 4. The van der Waals surface area contributed by atoms with E-state index in [0.29, 0.717) is 18.0 Å². The zero-order valence-electron chi connectivity index (χ0n) is 13.5. The SMILES string of the molecule is CCc1cc(NCCN2C[C@H](C)O[C@@H](C)C2)n2ncnc2n1. The van der Waals surface area contributed by atoms with Gasteiger partial charge in [-0.15, -0.1) is 0 Å². The highest BCUT2D eigenvalue weighted by Crippen LogP contribution is 2.12. The van der Waals surface area contributed by atoms with Crippen LogP contribution in [0.3, 0.4) is 0 Å². The van der Waals surface area contributed by atoms with Crippen LogP contribution in [0.1, 0.15) is 26.5 Å². The number of hydrogen-bond donors (Lipinski definition) is 1. The average molecular weight is 304 g/mol. The molecule has 0 saturated carbocycles. The van der Waals surface area contributed by atoms with Gasteiger partial charge in [-0.25, -0.2) is 4.98 Å². The van der Waals surface area contributed by atoms with Crippen molar-refractivity contribution < 1.29 is 4.74 Å². The molecule has 3 rings (SSSR count). The highest BCUT2D eigenvalue weighted by atomic mass is 16.5. The maximum absolute atomic E-state index is 5.77. The van der Waals surface area contributed by atoms with Crippen LogP contribution in [0.25, 0.3) is 5.78 Å². The second-order valence-corrected chi connectivity index (χ2v) is 5.90. The molecule has 0 radical (unpaired) electrons. The number of nitrogens with zero attached hydrogens (tertiary/aromatic N) is 5. The number of fused-ring (bicyclic) bond motifs is 1. The number of rotatable bonds is 5. The summed E-state index contributed by atoms with van der Waals surface area (Å²) in [6, 6.07) is 2.05. The van der Waals surface area contributed by atoms with E-state index in [9.17, 15) is 0 Å². The minimum Gasteiger partial charge on any atom is -0.373 e. The van der Waals surface area contributed by atoms with E-state index in [4.69, 9.17) is 4.74 Å². The van der Waals surface area contributed by atoms with Crippen LogP contribution in [0.5, 0.6) is 0 Å². The van der Waals surface area contributed by atoms with Gasteiger partial charge < -0.3 is 10.1 Å². The summed E-state index contributed by atoms with van der Waals surface area (Å²) in [5, 5.41) is 7.69. The molecule has 1 N–H and O–H groups in total. The van der Waals surface area contributed by atoms with E-state index in [-0.39, 0.29) is 0 Å². The zero-order chi connectivity index (χ0) is 15.5. The highest BCUT2D eigenvalue weighted by Gasteiger charge is 2.21. The molecule has 0 aliphatic carbocycles. The lowest BCUT2D eigenvalue weighted by molar-refractivity contribution is -0.0667. The maximum Gasteiger partial charge on any atom is 0.254 e. The molecular weight excluding hydrogens is 280 g/mol. The molecule has 7 heteroatoms. The van der Waals surface area contributed by atoms with Crippen molar-refractivity contribution in [3.05, 3.63) is 18.1 Å². The van der Waals surface area contributed by atoms with Crippen LogP contribution >= 0.6 is 0 Å². The maximum atomic E-state index is 5.77. The van der Waals surface area contributed by atoms with Crippen molar-refractivity contribution in [2.75, 3.05) is 31.5 Å². The van der Waals surface area contributed by atoms with E-state index in [1.54, 1.807) is 4.52 Å². The summed E-state index contributed by atoms with van der Waals surface area (Å²) in [4.78, 5) is 11.1. The van der Waals surface area contributed by atoms with Crippen molar-refractivity contribution in [1.82, 2.24) is 24.5 Å². The molecule has 1 fully saturated rings. The fourth-order valence-electron chi connectivity index (χ4n) is 2.98. The van der Waals surface area contributed by atoms with Gasteiger partial charge in [0.25, 0.3) is 5.78 Å². The van der Waals surface area contributed by atoms with Crippen molar-refractivity contribution >= 4 is 11.6 Å². The molecule has 0 aromatic carbocycles. The number of hydrogen-bond acceptors (Lipinski definition) is 6. The van der Waals surface area contributed by atoms with E-state index in [0.717, 1.165) is 44.1 Å². The first-order chi connectivity index (χ1) is 10.7. The Kier molecular flexibility index (Phi) is 4.54. The van der Waals surface area contributed by atoms with Crippen LogP contribution in [0.2, 0.25) is 0 Å². The molecule has 0 amide bonds. The Hall–Kier alpha value is -1.73. The van der Waals surface area contributed by atoms with E-state index in [2.05, 4.69) is 46.1 Å². The number of anilines is 1. The van der Waals surface area contributed by atoms with Gasteiger partial charge in [-0.05, 0) is 20.3 Å². The predicted octanol–water partition coefficient (Wildman–Crippen LogP) is 1.21. The number of aryl methyl sites for hydroxylation is 1. The molecule has 1 aliphatic heterocycles. The summed E-state index contributed by atoms with van der Waals surface area (Å²) in [6.07, 6.45) is 3.03. The standard InChI is InChI=1S/C15H24N6O/c1-4-13-7-14(21-15(19-13)17-10-18-21)16-5-6-20-8-11(2)22-12(3)9-20/h7,10-12,16H,4-6,8-9H2,1-3H3/t11-,12-/m0/s1. The van der Waals surface area contributed by atoms with Crippen LogP contribution in [0, 0.1) is 0 Å². The first kappa shape index (κ1) is 15.2. The molecule has 2 aromatic rings. The lowest BCUT2D eigenvalue weighted by Gasteiger charge is -2.35. The molecule has 3 heterocycles. The van der Waals surface area contributed by atoms with Crippen LogP contribution in [0.4, 0.5) is 5.82 Å². The molecule has 2 aromatic heterocycles. The Labute approximate surface area is 130 Å². The molecule has 1 saturated heterocycles. The Morgan fingerprint density at radius 1 is 1.32 bits per heavy atom. The minimum absolute atomic E-state index is 0.304. The molecule has 120 valence electrons. The lowest BCUT2D eigenvalue weighted by Crippen LogP contribution is -2.46. The highest BCUT2D eigenvalue weighted by molar-refractivity contribution is 5.44. The van der Waals surface area contributed by atoms with E-state index in [1.165, 1.54) is 6.33 Å². The Balaban J connectivity index is 1.63. The van der Waals surface area contributed by atoms with Gasteiger partial charge in [0.05, 0.1) is 12.2 Å². The third-order valence-corrected chi connectivity index (χ3v) is 3.90. The van der Waals surface area contributed by atoms with Gasteiger partial charge in [-0.3, -0.25) is 4.90 Å². The van der Waals surface area contributed by atoms with Crippen molar-refractivity contribution in [2.45, 2.75) is 39.4 Å². The van der Waals surface area contributed by atoms with Gasteiger partial charge in [0.15, 0.2) is 0 Å². The number of ether oxygens (including phenoxy) is 1. The van der Waals surface area contributed by atoms with Crippen molar-refractivity contribution in [3.8, 4) is 0 Å². The van der Waals surface area contributed by atoms with Crippen LogP contribution in [0.15, 0.2) is 12.4 Å².